The van der Waals surface area contributed by atoms with Crippen LogP contribution in [0, 0.1) is 17.2 Å². The Morgan fingerprint density at radius 1 is 1.07 bits per heavy atom. The van der Waals surface area contributed by atoms with Gasteiger partial charge in [-0.3, -0.25) is 0 Å². The number of unbranched alkanes of at least 4 members (excludes halogenated alkanes) is 4. The molecule has 144 valence electrons. The highest BCUT2D eigenvalue weighted by Gasteiger charge is 2.11. The second-order valence-electron chi connectivity index (χ2n) is 6.90. The van der Waals surface area contributed by atoms with Gasteiger partial charge in [0.1, 0.15) is 5.75 Å². The first kappa shape index (κ1) is 20.9. The maximum Gasteiger partial charge on any atom is 0.163 e. The Morgan fingerprint density at radius 3 is 2.67 bits per heavy atom. The van der Waals surface area contributed by atoms with Gasteiger partial charge in [-0.1, -0.05) is 51.7 Å². The molecule has 4 heteroatoms. The van der Waals surface area contributed by atoms with E-state index in [2.05, 4.69) is 18.0 Å². The summed E-state index contributed by atoms with van der Waals surface area (Å²) in [6, 6.07) is 12.2. The first-order valence-corrected chi connectivity index (χ1v) is 10.2. The minimum Gasteiger partial charge on any atom is -0.493 e. The zero-order valence-electron chi connectivity index (χ0n) is 16.7. The van der Waals surface area contributed by atoms with Crippen molar-refractivity contribution in [1.29, 1.82) is 5.26 Å². The van der Waals surface area contributed by atoms with E-state index in [1.165, 1.54) is 32.1 Å². The van der Waals surface area contributed by atoms with Crippen LogP contribution in [0.5, 0.6) is 5.75 Å². The van der Waals surface area contributed by atoms with Crippen molar-refractivity contribution in [1.82, 2.24) is 9.97 Å². The average molecular weight is 366 g/mol. The van der Waals surface area contributed by atoms with Gasteiger partial charge >= 0.3 is 0 Å². The molecule has 0 radical (unpaired) electrons. The van der Waals surface area contributed by atoms with Crippen LogP contribution in [0.25, 0.3) is 11.4 Å². The zero-order valence-corrected chi connectivity index (χ0v) is 16.7. The Balaban J connectivity index is 2.01. The van der Waals surface area contributed by atoms with E-state index in [0.717, 1.165) is 36.3 Å². The van der Waals surface area contributed by atoms with Gasteiger partial charge in [-0.25, -0.2) is 9.97 Å². The molecule has 4 nitrogen and oxygen atoms in total. The van der Waals surface area contributed by atoms with Crippen molar-refractivity contribution < 1.29 is 4.74 Å². The second kappa shape index (κ2) is 12.1. The number of ether oxygens (including phenoxy) is 1. The van der Waals surface area contributed by atoms with Crippen LogP contribution in [0.15, 0.2) is 36.5 Å². The Morgan fingerprint density at radius 2 is 1.89 bits per heavy atom. The van der Waals surface area contributed by atoms with Crippen molar-refractivity contribution in [3.63, 3.8) is 0 Å². The predicted octanol–water partition coefficient (Wildman–Crippen LogP) is 5.98. The van der Waals surface area contributed by atoms with E-state index in [-0.39, 0.29) is 5.92 Å². The molecule has 1 atom stereocenters. The van der Waals surface area contributed by atoms with Crippen molar-refractivity contribution in [3.05, 3.63) is 42.2 Å². The molecule has 0 amide bonds. The molecular weight excluding hydrogens is 334 g/mol. The molecule has 1 heterocycles. The molecule has 1 aromatic carbocycles. The van der Waals surface area contributed by atoms with Gasteiger partial charge in [0.05, 0.1) is 18.2 Å². The number of rotatable bonds is 12. The lowest BCUT2D eigenvalue weighted by molar-refractivity contribution is 0.292. The number of hydrogen-bond donors (Lipinski definition) is 0. The SMILES string of the molecule is CCCCCCCc1ccnc(-c2ccccc2OCCC(C#N)CC)n1. The molecule has 0 bridgehead atoms. The van der Waals surface area contributed by atoms with E-state index in [1.54, 1.807) is 0 Å². The highest BCUT2D eigenvalue weighted by molar-refractivity contribution is 5.63. The molecule has 0 N–H and O–H groups in total. The molecule has 0 saturated heterocycles. The monoisotopic (exact) mass is 365 g/mol. The number of aromatic nitrogens is 2. The molecular formula is C23H31N3O. The van der Waals surface area contributed by atoms with Crippen LogP contribution in [0.3, 0.4) is 0 Å². The van der Waals surface area contributed by atoms with E-state index < -0.39 is 0 Å². The van der Waals surface area contributed by atoms with Gasteiger partial charge in [0.15, 0.2) is 5.82 Å². The summed E-state index contributed by atoms with van der Waals surface area (Å²) in [4.78, 5) is 9.21. The first-order valence-electron chi connectivity index (χ1n) is 10.2. The average Bonchev–Trinajstić information content (AvgIpc) is 2.72. The predicted molar refractivity (Wildman–Crippen MR) is 109 cm³/mol. The molecule has 0 fully saturated rings. The number of benzene rings is 1. The van der Waals surface area contributed by atoms with E-state index in [4.69, 9.17) is 15.0 Å². The fourth-order valence-electron chi connectivity index (χ4n) is 3.02. The van der Waals surface area contributed by atoms with Crippen LogP contribution >= 0.6 is 0 Å². The van der Waals surface area contributed by atoms with Gasteiger partial charge in [0.2, 0.25) is 0 Å². The summed E-state index contributed by atoms with van der Waals surface area (Å²) < 4.78 is 5.96. The maximum absolute atomic E-state index is 9.08. The first-order chi connectivity index (χ1) is 13.3. The highest BCUT2D eigenvalue weighted by atomic mass is 16.5. The van der Waals surface area contributed by atoms with Gasteiger partial charge in [0, 0.05) is 17.8 Å². The third-order valence-electron chi connectivity index (χ3n) is 4.78. The molecule has 2 rings (SSSR count). The molecule has 0 spiro atoms. The van der Waals surface area contributed by atoms with Crippen molar-refractivity contribution in [2.75, 3.05) is 6.61 Å². The molecule has 0 aliphatic carbocycles. The lowest BCUT2D eigenvalue weighted by Gasteiger charge is -2.12. The minimum absolute atomic E-state index is 0.0458. The van der Waals surface area contributed by atoms with Crippen LogP contribution in [0.4, 0.5) is 0 Å². The van der Waals surface area contributed by atoms with Crippen LogP contribution < -0.4 is 4.74 Å². The van der Waals surface area contributed by atoms with Crippen molar-refractivity contribution in [3.8, 4) is 23.2 Å². The summed E-state index contributed by atoms with van der Waals surface area (Å²) in [5, 5.41) is 9.08. The van der Waals surface area contributed by atoms with E-state index in [9.17, 15) is 0 Å². The number of nitriles is 1. The number of aryl methyl sites for hydroxylation is 1. The molecule has 2 aromatic rings. The molecule has 27 heavy (non-hydrogen) atoms. The number of nitrogens with zero attached hydrogens (tertiary/aromatic N) is 3. The van der Waals surface area contributed by atoms with Gasteiger partial charge in [-0.15, -0.1) is 0 Å². The van der Waals surface area contributed by atoms with Crippen LogP contribution in [0.1, 0.15) is 64.5 Å². The van der Waals surface area contributed by atoms with Gasteiger partial charge in [0.25, 0.3) is 0 Å². The Labute approximate surface area is 163 Å². The fourth-order valence-corrected chi connectivity index (χ4v) is 3.02. The zero-order chi connectivity index (χ0) is 19.3. The molecule has 0 aliphatic heterocycles. The van der Waals surface area contributed by atoms with Gasteiger partial charge < -0.3 is 4.74 Å². The highest BCUT2D eigenvalue weighted by Crippen LogP contribution is 2.27. The summed E-state index contributed by atoms with van der Waals surface area (Å²) in [6.07, 6.45) is 10.7. The van der Waals surface area contributed by atoms with Crippen molar-refractivity contribution in [2.24, 2.45) is 5.92 Å². The fraction of sp³-hybridized carbons (Fsp3) is 0.522. The van der Waals surface area contributed by atoms with Crippen LogP contribution in [0.2, 0.25) is 0 Å². The number of para-hydroxylation sites is 1. The molecule has 0 saturated carbocycles. The van der Waals surface area contributed by atoms with E-state index in [0.29, 0.717) is 12.4 Å². The van der Waals surface area contributed by atoms with Gasteiger partial charge in [-0.05, 0) is 43.9 Å². The third kappa shape index (κ3) is 7.02. The quantitative estimate of drug-likeness (QED) is 0.434. The molecule has 1 unspecified atom stereocenters. The maximum atomic E-state index is 9.08. The summed E-state index contributed by atoms with van der Waals surface area (Å²) >= 11 is 0. The van der Waals surface area contributed by atoms with Crippen molar-refractivity contribution in [2.45, 2.75) is 65.2 Å². The Bertz CT molecular complexity index is 724. The molecule has 1 aromatic heterocycles. The van der Waals surface area contributed by atoms with E-state index >= 15 is 0 Å². The third-order valence-corrected chi connectivity index (χ3v) is 4.78. The largest absolute Gasteiger partial charge is 0.493 e. The van der Waals surface area contributed by atoms with Gasteiger partial charge in [-0.2, -0.15) is 5.26 Å². The summed E-state index contributed by atoms with van der Waals surface area (Å²) in [5.41, 5.74) is 2.00. The normalized spacial score (nSPS) is 11.7. The summed E-state index contributed by atoms with van der Waals surface area (Å²) in [7, 11) is 0. The smallest absolute Gasteiger partial charge is 0.163 e. The lowest BCUT2D eigenvalue weighted by Crippen LogP contribution is -2.06. The standard InChI is InChI=1S/C23H31N3O/c1-3-5-6-7-8-11-20-14-16-25-23(26-20)21-12-9-10-13-22(21)27-17-15-19(4-2)18-24/h9-10,12-14,16,19H,3-8,11,15,17H2,1-2H3. The van der Waals surface area contributed by atoms with Crippen LogP contribution in [-0.2, 0) is 6.42 Å². The van der Waals surface area contributed by atoms with Crippen LogP contribution in [-0.4, -0.2) is 16.6 Å². The summed E-state index contributed by atoms with van der Waals surface area (Å²) in [5.74, 6) is 1.54. The number of hydrogen-bond acceptors (Lipinski definition) is 4. The Kier molecular flexibility index (Phi) is 9.34. The van der Waals surface area contributed by atoms with Crippen molar-refractivity contribution >= 4 is 0 Å². The topological polar surface area (TPSA) is 58.8 Å². The van der Waals surface area contributed by atoms with E-state index in [1.807, 2.05) is 43.5 Å². The Hall–Kier alpha value is -2.41. The molecule has 0 aliphatic rings. The minimum atomic E-state index is 0.0458. The second-order valence-corrected chi connectivity index (χ2v) is 6.90. The summed E-state index contributed by atoms with van der Waals surface area (Å²) in [6.45, 7) is 4.79. The lowest BCUT2D eigenvalue weighted by atomic mass is 10.1.